The summed E-state index contributed by atoms with van der Waals surface area (Å²) in [5.74, 6) is 0. The van der Waals surface area contributed by atoms with E-state index in [-0.39, 0.29) is 19.5 Å². The molecule has 0 aliphatic rings. The van der Waals surface area contributed by atoms with Crippen LogP contribution in [0.3, 0.4) is 0 Å². The first kappa shape index (κ1) is 46.6. The zero-order valence-electron chi connectivity index (χ0n) is 25.2. The molecule has 0 atom stereocenters. The van der Waals surface area contributed by atoms with E-state index in [1.54, 1.807) is 24.8 Å². The van der Waals surface area contributed by atoms with Crippen LogP contribution in [-0.2, 0) is 24.1 Å². The van der Waals surface area contributed by atoms with Crippen LogP contribution in [0, 0.1) is 6.65 Å². The van der Waals surface area contributed by atoms with Crippen molar-refractivity contribution in [1.82, 2.24) is 24.9 Å². The van der Waals surface area contributed by atoms with Gasteiger partial charge in [-0.2, -0.15) is 0 Å². The van der Waals surface area contributed by atoms with Crippen LogP contribution < -0.4 is 0 Å². The van der Waals surface area contributed by atoms with Crippen LogP contribution in [0.5, 0.6) is 0 Å². The number of halogens is 12. The van der Waals surface area contributed by atoms with Gasteiger partial charge in [0.2, 0.25) is 0 Å². The molecule has 0 radical (unpaired) electrons. The van der Waals surface area contributed by atoms with Gasteiger partial charge in [0.15, 0.2) is 0 Å². The summed E-state index contributed by atoms with van der Waals surface area (Å²) in [5, 5.41) is 1.20. The van der Waals surface area contributed by atoms with E-state index in [1.165, 1.54) is 5.39 Å². The second-order valence-corrected chi connectivity index (χ2v) is 12.8. The van der Waals surface area contributed by atoms with Gasteiger partial charge < -0.3 is 0 Å². The number of hydrogen-bond acceptors (Lipinski definition) is 5. The van der Waals surface area contributed by atoms with Gasteiger partial charge in [0, 0.05) is 36.4 Å². The molecule has 0 aliphatic heterocycles. The molecule has 51 heavy (non-hydrogen) atoms. The molecular formula is C30H23F12N5OP2Ru. The third-order valence-corrected chi connectivity index (χ3v) is 4.70. The van der Waals surface area contributed by atoms with Gasteiger partial charge >= 0.3 is 96.8 Å². The van der Waals surface area contributed by atoms with Crippen LogP contribution in [0.1, 0.15) is 0 Å². The molecule has 6 rings (SSSR count). The minimum absolute atomic E-state index is 0. The van der Waals surface area contributed by atoms with E-state index in [0.717, 1.165) is 28.3 Å². The normalized spacial score (nSPS) is 12.9. The summed E-state index contributed by atoms with van der Waals surface area (Å²) >= 11 is 0. The van der Waals surface area contributed by atoms with E-state index in [2.05, 4.69) is 43.7 Å². The van der Waals surface area contributed by atoms with Crippen molar-refractivity contribution >= 4 is 26.5 Å². The van der Waals surface area contributed by atoms with E-state index in [9.17, 15) is 50.4 Å². The van der Waals surface area contributed by atoms with Crippen LogP contribution in [0.2, 0.25) is 0 Å². The number of benzene rings is 1. The van der Waals surface area contributed by atoms with E-state index in [0.29, 0.717) is 0 Å². The SMILES string of the molecule is F[P-](F)(F)(F)(F)F.F[P-](F)(F)(F)(F)F.[C-]#[O+].[Ru+2].c1ccc(-c2ccccn2)nc1.c1ccc(-c2ccccn2)nc1.c1ccc2ncccc2c1. The molecule has 0 saturated heterocycles. The molecule has 0 bridgehead atoms. The van der Waals surface area contributed by atoms with Crippen molar-refractivity contribution in [2.45, 2.75) is 0 Å². The molecule has 0 unspecified atom stereocenters. The minimum Gasteiger partial charge on any atom is -0.256 e. The molecule has 0 aliphatic carbocycles. The average Bonchev–Trinajstić information content (AvgIpc) is 3.05. The van der Waals surface area contributed by atoms with Gasteiger partial charge in [-0.1, -0.05) is 48.5 Å². The van der Waals surface area contributed by atoms with Crippen molar-refractivity contribution in [2.75, 3.05) is 0 Å². The maximum atomic E-state index is 9.87. The predicted octanol–water partition coefficient (Wildman–Crippen LogP) is 13.2. The summed E-state index contributed by atoms with van der Waals surface area (Å²) in [7, 11) is -21.3. The molecule has 0 saturated carbocycles. The fraction of sp³-hybridized carbons (Fsp3) is 0. The number of aromatic nitrogens is 5. The van der Waals surface area contributed by atoms with Gasteiger partial charge in [-0.05, 0) is 60.7 Å². The number of fused-ring (bicyclic) bond motifs is 1. The number of pyridine rings is 5. The molecule has 5 aromatic heterocycles. The molecule has 1 aromatic carbocycles. The summed E-state index contributed by atoms with van der Waals surface area (Å²) in [6.45, 7) is 4.50. The quantitative estimate of drug-likeness (QED) is 0.0569. The Morgan fingerprint density at radius 3 is 0.843 bits per heavy atom. The average molecular weight is 861 g/mol. The maximum absolute atomic E-state index is 10.7. The van der Waals surface area contributed by atoms with Crippen molar-refractivity contribution in [3.8, 4) is 22.8 Å². The molecule has 0 fully saturated rings. The van der Waals surface area contributed by atoms with Crippen LogP contribution in [-0.4, -0.2) is 24.9 Å². The summed E-state index contributed by atoms with van der Waals surface area (Å²) in [6.07, 6.45) is 8.88. The second-order valence-electron chi connectivity index (χ2n) is 8.97. The summed E-state index contributed by atoms with van der Waals surface area (Å²) in [4.78, 5) is 20.9. The van der Waals surface area contributed by atoms with Gasteiger partial charge in [0.05, 0.1) is 28.3 Å². The first-order valence-corrected chi connectivity index (χ1v) is 17.1. The Balaban J connectivity index is 0.000000614. The fourth-order valence-corrected chi connectivity index (χ4v) is 3.07. The van der Waals surface area contributed by atoms with E-state index < -0.39 is 15.6 Å². The molecule has 0 amide bonds. The van der Waals surface area contributed by atoms with Gasteiger partial charge in [0.1, 0.15) is 0 Å². The Morgan fingerprint density at radius 1 is 0.353 bits per heavy atom. The third kappa shape index (κ3) is 30.2. The Hall–Kier alpha value is -4.39. The van der Waals surface area contributed by atoms with E-state index >= 15 is 0 Å². The Labute approximate surface area is 295 Å². The van der Waals surface area contributed by atoms with Crippen LogP contribution in [0.15, 0.2) is 140 Å². The molecule has 276 valence electrons. The Morgan fingerprint density at radius 2 is 0.588 bits per heavy atom. The zero-order chi connectivity index (χ0) is 38.1. The second kappa shape index (κ2) is 17.7. The van der Waals surface area contributed by atoms with Crippen molar-refractivity contribution in [2.24, 2.45) is 0 Å². The summed E-state index contributed by atoms with van der Waals surface area (Å²) in [5.41, 5.74) is 4.72. The Bertz CT molecular complexity index is 1630. The zero-order valence-corrected chi connectivity index (χ0v) is 28.7. The van der Waals surface area contributed by atoms with Crippen LogP contribution >= 0.6 is 15.6 Å². The number of para-hydroxylation sites is 1. The third-order valence-electron chi connectivity index (χ3n) is 4.70. The summed E-state index contributed by atoms with van der Waals surface area (Å²) in [6, 6.07) is 35.3. The van der Waals surface area contributed by atoms with Gasteiger partial charge in [-0.15, -0.1) is 0 Å². The smallest absolute Gasteiger partial charge is 0.256 e. The largest absolute Gasteiger partial charge is 2.00 e. The van der Waals surface area contributed by atoms with Gasteiger partial charge in [-0.25, -0.2) is 0 Å². The first-order valence-electron chi connectivity index (χ1n) is 13.1. The van der Waals surface area contributed by atoms with Gasteiger partial charge in [0.25, 0.3) is 0 Å². The maximum Gasteiger partial charge on any atom is 2.00 e. The molecule has 6 aromatic rings. The molecule has 0 spiro atoms. The molecule has 21 heteroatoms. The predicted molar refractivity (Wildman–Crippen MR) is 168 cm³/mol. The fourth-order valence-electron chi connectivity index (χ4n) is 3.07. The molecular weight excluding hydrogens is 837 g/mol. The van der Waals surface area contributed by atoms with Crippen LogP contribution in [0.4, 0.5) is 50.4 Å². The van der Waals surface area contributed by atoms with Crippen molar-refractivity contribution < 1.29 is 74.5 Å². The van der Waals surface area contributed by atoms with Crippen LogP contribution in [0.25, 0.3) is 33.7 Å². The number of hydrogen-bond donors (Lipinski definition) is 0. The first-order chi connectivity index (χ1) is 22.8. The molecule has 6 nitrogen and oxygen atoms in total. The minimum atomic E-state index is -10.7. The molecule has 5 heterocycles. The molecule has 0 N–H and O–H groups in total. The number of rotatable bonds is 2. The van der Waals surface area contributed by atoms with Crippen molar-refractivity contribution in [3.63, 3.8) is 0 Å². The summed E-state index contributed by atoms with van der Waals surface area (Å²) < 4.78 is 126. The van der Waals surface area contributed by atoms with Crippen molar-refractivity contribution in [3.05, 3.63) is 147 Å². The van der Waals surface area contributed by atoms with E-state index in [1.807, 2.05) is 103 Å². The number of nitrogens with zero attached hydrogens (tertiary/aromatic N) is 5. The topological polar surface area (TPSA) is 84.4 Å². The van der Waals surface area contributed by atoms with Crippen molar-refractivity contribution in [1.29, 1.82) is 0 Å². The van der Waals surface area contributed by atoms with Gasteiger partial charge in [-0.3, -0.25) is 24.9 Å². The van der Waals surface area contributed by atoms with E-state index in [4.69, 9.17) is 4.65 Å². The Kier molecular flexibility index (Phi) is 16.2. The standard InChI is InChI=1S/2C10H8N2.C9H7N.CO.2F6P.Ru/c2*1-3-7-11-9(5-1)10-6-2-4-8-12-10;1-2-6-9-8(4-1)5-3-7-10-9;1-2;2*1-7(2,3,4,5)6;/h2*1-8H;1-7H;;;;/q;;;;2*-1;+2. The monoisotopic (exact) mass is 861 g/mol.